The number of nitrogens with two attached hydrogens (primary N) is 1. The lowest BCUT2D eigenvalue weighted by Gasteiger charge is -2.30. The van der Waals surface area contributed by atoms with Crippen LogP contribution >= 0.6 is 0 Å². The number of hydrogen-bond donors (Lipinski definition) is 4. The molecule has 0 saturated heterocycles. The van der Waals surface area contributed by atoms with Gasteiger partial charge in [-0.05, 0) is 55.7 Å². The fraction of sp³-hybridized carbons (Fsp3) is 0.583. The molecule has 5 N–H and O–H groups in total. The second-order valence-electron chi connectivity index (χ2n) is 8.37. The zero-order valence-corrected chi connectivity index (χ0v) is 19.1. The molecular formula is C24H37N3O5. The number of unbranched alkanes of at least 4 members (excludes halogenated alkanes) is 2. The standard InChI is InChI=1S/C24H37N3O5/c1-17(2)18-15-21(32-23(16-18)31-14-8-7-13-28)24(30)26-12-6-5-11-22(29)27-20-10-4-3-9-19(20)25/h3-4,9-10,15,17-18,23,28H,5-8,11-14,16,25H2,1-2H3,(H,26,30)(H,27,29)/t18-,23+/m1/s1. The smallest absolute Gasteiger partial charge is 0.286 e. The Morgan fingerprint density at radius 3 is 2.72 bits per heavy atom. The van der Waals surface area contributed by atoms with Gasteiger partial charge < -0.3 is 30.9 Å². The molecule has 178 valence electrons. The van der Waals surface area contributed by atoms with Crippen molar-refractivity contribution in [1.82, 2.24) is 5.32 Å². The quantitative estimate of drug-likeness (QED) is 0.272. The van der Waals surface area contributed by atoms with Crippen LogP contribution in [0, 0.1) is 11.8 Å². The van der Waals surface area contributed by atoms with Gasteiger partial charge in [-0.25, -0.2) is 0 Å². The molecule has 32 heavy (non-hydrogen) atoms. The minimum Gasteiger partial charge on any atom is -0.459 e. The van der Waals surface area contributed by atoms with Crippen LogP contribution in [0.25, 0.3) is 0 Å². The zero-order chi connectivity index (χ0) is 23.3. The lowest BCUT2D eigenvalue weighted by Crippen LogP contribution is -2.35. The van der Waals surface area contributed by atoms with Gasteiger partial charge in [-0.1, -0.05) is 26.0 Å². The Balaban J connectivity index is 1.72. The molecular weight excluding hydrogens is 410 g/mol. The van der Waals surface area contributed by atoms with E-state index in [0.29, 0.717) is 68.3 Å². The molecule has 2 rings (SSSR count). The molecule has 0 radical (unpaired) electrons. The first kappa shape index (κ1) is 25.7. The number of nitrogens with one attached hydrogen (secondary N) is 2. The summed E-state index contributed by atoms with van der Waals surface area (Å²) in [5, 5.41) is 14.6. The van der Waals surface area contributed by atoms with E-state index in [1.807, 2.05) is 18.2 Å². The third-order valence-corrected chi connectivity index (χ3v) is 5.38. The van der Waals surface area contributed by atoms with E-state index < -0.39 is 6.29 Å². The molecule has 0 spiro atoms. The number of para-hydroxylation sites is 2. The number of carbonyl (C=O) groups excluding carboxylic acids is 2. The van der Waals surface area contributed by atoms with Crippen molar-refractivity contribution in [3.8, 4) is 0 Å². The fourth-order valence-corrected chi connectivity index (χ4v) is 3.36. The monoisotopic (exact) mass is 447 g/mol. The summed E-state index contributed by atoms with van der Waals surface area (Å²) in [4.78, 5) is 24.6. The third-order valence-electron chi connectivity index (χ3n) is 5.38. The first-order valence-corrected chi connectivity index (χ1v) is 11.4. The molecule has 0 bridgehead atoms. The second kappa shape index (κ2) is 13.8. The number of aliphatic hydroxyl groups excluding tert-OH is 1. The number of rotatable bonds is 13. The minimum atomic E-state index is -0.457. The van der Waals surface area contributed by atoms with E-state index in [-0.39, 0.29) is 24.3 Å². The number of aliphatic hydroxyl groups is 1. The minimum absolute atomic E-state index is 0.103. The summed E-state index contributed by atoms with van der Waals surface area (Å²) in [6.45, 7) is 5.30. The van der Waals surface area contributed by atoms with Crippen LogP contribution in [0.5, 0.6) is 0 Å². The summed E-state index contributed by atoms with van der Waals surface area (Å²) in [5.74, 6) is 0.484. The van der Waals surface area contributed by atoms with Gasteiger partial charge in [0.05, 0.1) is 18.0 Å². The van der Waals surface area contributed by atoms with Gasteiger partial charge in [0.15, 0.2) is 5.76 Å². The normalized spacial score (nSPS) is 18.1. The van der Waals surface area contributed by atoms with E-state index in [4.69, 9.17) is 20.3 Å². The van der Waals surface area contributed by atoms with E-state index in [2.05, 4.69) is 24.5 Å². The number of hydrogen-bond acceptors (Lipinski definition) is 6. The molecule has 1 aromatic rings. The molecule has 1 aliphatic heterocycles. The maximum Gasteiger partial charge on any atom is 0.286 e. The van der Waals surface area contributed by atoms with Crippen molar-refractivity contribution in [2.45, 2.75) is 58.7 Å². The summed E-state index contributed by atoms with van der Waals surface area (Å²) in [6, 6.07) is 7.13. The maximum absolute atomic E-state index is 12.6. The van der Waals surface area contributed by atoms with Crippen LogP contribution in [-0.2, 0) is 19.1 Å². The molecule has 0 saturated carbocycles. The molecule has 1 heterocycles. The largest absolute Gasteiger partial charge is 0.459 e. The van der Waals surface area contributed by atoms with E-state index in [1.165, 1.54) is 0 Å². The summed E-state index contributed by atoms with van der Waals surface area (Å²) in [5.41, 5.74) is 6.97. The molecule has 1 aromatic carbocycles. The van der Waals surface area contributed by atoms with Crippen LogP contribution < -0.4 is 16.4 Å². The number of anilines is 2. The first-order valence-electron chi connectivity index (χ1n) is 11.4. The Labute approximate surface area is 190 Å². The van der Waals surface area contributed by atoms with Crippen molar-refractivity contribution >= 4 is 23.2 Å². The van der Waals surface area contributed by atoms with Crippen LogP contribution in [0.15, 0.2) is 36.1 Å². The Kier molecular flexibility index (Phi) is 11.0. The van der Waals surface area contributed by atoms with Crippen LogP contribution in [0.2, 0.25) is 0 Å². The average Bonchev–Trinajstić information content (AvgIpc) is 2.77. The highest BCUT2D eigenvalue weighted by Crippen LogP contribution is 2.28. The van der Waals surface area contributed by atoms with Crippen molar-refractivity contribution in [1.29, 1.82) is 0 Å². The maximum atomic E-state index is 12.6. The van der Waals surface area contributed by atoms with Crippen LogP contribution in [0.4, 0.5) is 11.4 Å². The van der Waals surface area contributed by atoms with Gasteiger partial charge in [0.25, 0.3) is 5.91 Å². The lowest BCUT2D eigenvalue weighted by molar-refractivity contribution is -0.150. The van der Waals surface area contributed by atoms with Gasteiger partial charge in [-0.2, -0.15) is 0 Å². The Hall–Kier alpha value is -2.58. The van der Waals surface area contributed by atoms with Crippen molar-refractivity contribution in [2.24, 2.45) is 11.8 Å². The van der Waals surface area contributed by atoms with Crippen LogP contribution in [0.3, 0.4) is 0 Å². The number of amides is 2. The highest BCUT2D eigenvalue weighted by atomic mass is 16.7. The molecule has 8 nitrogen and oxygen atoms in total. The average molecular weight is 448 g/mol. The molecule has 1 aliphatic rings. The molecule has 8 heteroatoms. The van der Waals surface area contributed by atoms with Gasteiger partial charge in [-0.3, -0.25) is 9.59 Å². The van der Waals surface area contributed by atoms with Gasteiger partial charge in [0.1, 0.15) is 0 Å². The third kappa shape index (κ3) is 8.88. The Morgan fingerprint density at radius 1 is 1.22 bits per heavy atom. The van der Waals surface area contributed by atoms with E-state index in [1.54, 1.807) is 12.1 Å². The zero-order valence-electron chi connectivity index (χ0n) is 19.1. The highest BCUT2D eigenvalue weighted by molar-refractivity contribution is 5.93. The Morgan fingerprint density at radius 2 is 2.00 bits per heavy atom. The number of benzene rings is 1. The number of allylic oxidation sites excluding steroid dienone is 1. The van der Waals surface area contributed by atoms with E-state index >= 15 is 0 Å². The van der Waals surface area contributed by atoms with E-state index in [9.17, 15) is 9.59 Å². The number of nitrogen functional groups attached to an aromatic ring is 1. The Bertz CT molecular complexity index is 766. The lowest BCUT2D eigenvalue weighted by atomic mass is 9.90. The predicted molar refractivity (Wildman–Crippen MR) is 125 cm³/mol. The molecule has 2 atom stereocenters. The molecule has 0 fully saturated rings. The summed E-state index contributed by atoms with van der Waals surface area (Å²) in [6.07, 6.45) is 5.22. The highest BCUT2D eigenvalue weighted by Gasteiger charge is 2.29. The predicted octanol–water partition coefficient (Wildman–Crippen LogP) is 3.19. The fourth-order valence-electron chi connectivity index (χ4n) is 3.36. The van der Waals surface area contributed by atoms with Gasteiger partial charge >= 0.3 is 0 Å². The topological polar surface area (TPSA) is 123 Å². The summed E-state index contributed by atoms with van der Waals surface area (Å²) < 4.78 is 11.5. The molecule has 0 aliphatic carbocycles. The number of carbonyl (C=O) groups is 2. The van der Waals surface area contributed by atoms with Gasteiger partial charge in [0.2, 0.25) is 12.2 Å². The molecule has 0 aromatic heterocycles. The summed E-state index contributed by atoms with van der Waals surface area (Å²) in [7, 11) is 0. The van der Waals surface area contributed by atoms with Gasteiger partial charge in [-0.15, -0.1) is 0 Å². The van der Waals surface area contributed by atoms with Crippen molar-refractivity contribution in [3.63, 3.8) is 0 Å². The summed E-state index contributed by atoms with van der Waals surface area (Å²) >= 11 is 0. The molecule has 0 unspecified atom stereocenters. The van der Waals surface area contributed by atoms with Gasteiger partial charge in [0, 0.05) is 26.0 Å². The second-order valence-corrected chi connectivity index (χ2v) is 8.37. The SMILES string of the molecule is CC(C)[C@@H]1C=C(C(=O)NCCCCC(=O)Nc2ccccc2N)O[C@H](OCCCCO)C1. The van der Waals surface area contributed by atoms with Crippen LogP contribution in [0.1, 0.15) is 52.4 Å². The van der Waals surface area contributed by atoms with Crippen molar-refractivity contribution < 1.29 is 24.2 Å². The molecule has 2 amide bonds. The first-order chi connectivity index (χ1) is 15.4. The van der Waals surface area contributed by atoms with Crippen LogP contribution in [-0.4, -0.2) is 43.0 Å². The van der Waals surface area contributed by atoms with Crippen molar-refractivity contribution in [2.75, 3.05) is 30.8 Å². The number of ether oxygens (including phenoxy) is 2. The van der Waals surface area contributed by atoms with Crippen molar-refractivity contribution in [3.05, 3.63) is 36.1 Å². The van der Waals surface area contributed by atoms with E-state index in [0.717, 1.165) is 6.42 Å².